The van der Waals surface area contributed by atoms with Gasteiger partial charge in [0.25, 0.3) is 0 Å². The molecule has 118 valence electrons. The molecular weight excluding hydrogens is 274 g/mol. The third-order valence-electron chi connectivity index (χ3n) is 5.11. The molecule has 1 aliphatic carbocycles. The Hall–Kier alpha value is -1.78. The van der Waals surface area contributed by atoms with Crippen LogP contribution in [0.2, 0.25) is 0 Å². The first-order valence-corrected chi connectivity index (χ1v) is 8.01. The monoisotopic (exact) mass is 299 g/mol. The lowest BCUT2D eigenvalue weighted by Gasteiger charge is -2.31. The van der Waals surface area contributed by atoms with Crippen LogP contribution in [0.15, 0.2) is 42.6 Å². The molecule has 1 aromatic carbocycles. The van der Waals surface area contributed by atoms with Crippen molar-refractivity contribution in [2.45, 2.75) is 44.2 Å². The number of allylic oxidation sites excluding steroid dienone is 1. The number of hydrogen-bond acceptors (Lipinski definition) is 4. The van der Waals surface area contributed by atoms with E-state index in [1.807, 2.05) is 18.2 Å². The van der Waals surface area contributed by atoms with Gasteiger partial charge in [0.15, 0.2) is 0 Å². The van der Waals surface area contributed by atoms with Gasteiger partial charge in [0.05, 0.1) is 17.8 Å². The van der Waals surface area contributed by atoms with E-state index in [9.17, 15) is 5.11 Å². The SMILES string of the molecule is C=C1CCC(C(O)CC2c3ccccc3/C(=C/N)N2N)CC1. The van der Waals surface area contributed by atoms with Crippen molar-refractivity contribution in [1.82, 2.24) is 5.01 Å². The number of hydrogen-bond donors (Lipinski definition) is 3. The summed E-state index contributed by atoms with van der Waals surface area (Å²) in [6.07, 6.45) is 5.97. The lowest BCUT2D eigenvalue weighted by molar-refractivity contribution is 0.0619. The van der Waals surface area contributed by atoms with E-state index in [0.29, 0.717) is 12.3 Å². The summed E-state index contributed by atoms with van der Waals surface area (Å²) in [6, 6.07) is 8.10. The number of nitrogens with zero attached hydrogens (tertiary/aromatic N) is 1. The van der Waals surface area contributed by atoms with E-state index in [4.69, 9.17) is 11.6 Å². The molecule has 1 fully saturated rings. The maximum Gasteiger partial charge on any atom is 0.0754 e. The second kappa shape index (κ2) is 6.15. The summed E-state index contributed by atoms with van der Waals surface area (Å²) in [5.41, 5.74) is 10.1. The molecule has 2 aliphatic rings. The minimum Gasteiger partial charge on any atom is -0.403 e. The summed E-state index contributed by atoms with van der Waals surface area (Å²) in [7, 11) is 0. The highest BCUT2D eigenvalue weighted by atomic mass is 16.3. The topological polar surface area (TPSA) is 75.5 Å². The van der Waals surface area contributed by atoms with Crippen molar-refractivity contribution >= 4 is 5.70 Å². The van der Waals surface area contributed by atoms with Crippen molar-refractivity contribution in [3.8, 4) is 0 Å². The smallest absolute Gasteiger partial charge is 0.0754 e. The van der Waals surface area contributed by atoms with Crippen LogP contribution in [-0.4, -0.2) is 16.2 Å². The van der Waals surface area contributed by atoms with Crippen molar-refractivity contribution in [2.75, 3.05) is 0 Å². The van der Waals surface area contributed by atoms with Crippen LogP contribution < -0.4 is 11.6 Å². The van der Waals surface area contributed by atoms with E-state index in [1.54, 1.807) is 11.2 Å². The summed E-state index contributed by atoms with van der Waals surface area (Å²) < 4.78 is 0. The number of aliphatic hydroxyl groups excluding tert-OH is 1. The molecular formula is C18H25N3O. The number of fused-ring (bicyclic) bond motifs is 1. The van der Waals surface area contributed by atoms with Gasteiger partial charge in [-0.15, -0.1) is 0 Å². The van der Waals surface area contributed by atoms with E-state index in [2.05, 4.69) is 12.6 Å². The Morgan fingerprint density at radius 2 is 2.00 bits per heavy atom. The minimum absolute atomic E-state index is 0.00821. The fraction of sp³-hybridized carbons (Fsp3) is 0.444. The molecule has 0 bridgehead atoms. The largest absolute Gasteiger partial charge is 0.403 e. The molecule has 1 aromatic rings. The Morgan fingerprint density at radius 3 is 2.68 bits per heavy atom. The summed E-state index contributed by atoms with van der Waals surface area (Å²) in [6.45, 7) is 4.04. The molecule has 0 saturated heterocycles. The Kier molecular flexibility index (Phi) is 4.23. The zero-order valence-electron chi connectivity index (χ0n) is 12.9. The van der Waals surface area contributed by atoms with Crippen LogP contribution in [0.25, 0.3) is 5.70 Å². The zero-order chi connectivity index (χ0) is 15.7. The van der Waals surface area contributed by atoms with Gasteiger partial charge in [-0.25, -0.2) is 5.84 Å². The molecule has 5 N–H and O–H groups in total. The highest BCUT2D eigenvalue weighted by Gasteiger charge is 2.35. The Balaban J connectivity index is 1.76. The van der Waals surface area contributed by atoms with Crippen LogP contribution in [0.4, 0.5) is 0 Å². The number of hydrazine groups is 1. The normalized spacial score (nSPS) is 25.5. The predicted octanol–water partition coefficient (Wildman–Crippen LogP) is 2.67. The molecule has 2 unspecified atom stereocenters. The summed E-state index contributed by atoms with van der Waals surface area (Å²) in [4.78, 5) is 0. The summed E-state index contributed by atoms with van der Waals surface area (Å²) in [5.74, 6) is 6.59. The van der Waals surface area contributed by atoms with Crippen LogP contribution in [0.5, 0.6) is 0 Å². The predicted molar refractivity (Wildman–Crippen MR) is 89.1 cm³/mol. The maximum atomic E-state index is 10.7. The summed E-state index contributed by atoms with van der Waals surface area (Å²) >= 11 is 0. The second-order valence-corrected chi connectivity index (χ2v) is 6.45. The fourth-order valence-electron chi connectivity index (χ4n) is 3.75. The van der Waals surface area contributed by atoms with Crippen molar-refractivity contribution in [3.63, 3.8) is 0 Å². The fourth-order valence-corrected chi connectivity index (χ4v) is 3.75. The Labute approximate surface area is 132 Å². The van der Waals surface area contributed by atoms with Crippen molar-refractivity contribution in [1.29, 1.82) is 0 Å². The molecule has 1 heterocycles. The van der Waals surface area contributed by atoms with Gasteiger partial charge in [-0.1, -0.05) is 36.4 Å². The van der Waals surface area contributed by atoms with Gasteiger partial charge in [0.1, 0.15) is 0 Å². The first-order chi connectivity index (χ1) is 10.6. The minimum atomic E-state index is -0.339. The molecule has 1 saturated carbocycles. The first kappa shape index (κ1) is 15.1. The Morgan fingerprint density at radius 1 is 1.32 bits per heavy atom. The van der Waals surface area contributed by atoms with Crippen molar-refractivity contribution in [2.24, 2.45) is 17.5 Å². The number of rotatable bonds is 3. The van der Waals surface area contributed by atoms with Gasteiger partial charge in [-0.3, -0.25) is 0 Å². The van der Waals surface area contributed by atoms with Crippen LogP contribution >= 0.6 is 0 Å². The maximum absolute atomic E-state index is 10.7. The van der Waals surface area contributed by atoms with Gasteiger partial charge in [-0.05, 0) is 43.6 Å². The lowest BCUT2D eigenvalue weighted by atomic mass is 9.81. The van der Waals surface area contributed by atoms with Gasteiger partial charge in [0, 0.05) is 11.8 Å². The molecule has 22 heavy (non-hydrogen) atoms. The van der Waals surface area contributed by atoms with Gasteiger partial charge >= 0.3 is 0 Å². The van der Waals surface area contributed by atoms with E-state index >= 15 is 0 Å². The highest BCUT2D eigenvalue weighted by Crippen LogP contribution is 2.42. The average molecular weight is 299 g/mol. The van der Waals surface area contributed by atoms with E-state index in [0.717, 1.165) is 42.5 Å². The molecule has 0 aromatic heterocycles. The standard InChI is InChI=1S/C18H25N3O/c1-12-6-8-13(9-7-12)18(22)10-16-14-4-2-3-5-15(14)17(11-19)21(16)20/h2-5,11,13,16,18,22H,1,6-10,19-20H2/b17-11-. The van der Waals surface area contributed by atoms with Gasteiger partial charge in [-0.2, -0.15) is 0 Å². The third-order valence-corrected chi connectivity index (χ3v) is 5.11. The van der Waals surface area contributed by atoms with Crippen LogP contribution in [0.3, 0.4) is 0 Å². The second-order valence-electron chi connectivity index (χ2n) is 6.45. The Bertz CT molecular complexity index is 586. The molecule has 4 nitrogen and oxygen atoms in total. The number of benzene rings is 1. The number of aliphatic hydroxyl groups is 1. The van der Waals surface area contributed by atoms with E-state index in [1.165, 1.54) is 5.57 Å². The molecule has 1 aliphatic heterocycles. The average Bonchev–Trinajstić information content (AvgIpc) is 2.80. The highest BCUT2D eigenvalue weighted by molar-refractivity contribution is 5.71. The van der Waals surface area contributed by atoms with Crippen LogP contribution in [0.1, 0.15) is 49.3 Å². The number of nitrogens with two attached hydrogens (primary N) is 2. The van der Waals surface area contributed by atoms with E-state index < -0.39 is 0 Å². The van der Waals surface area contributed by atoms with Crippen LogP contribution in [0, 0.1) is 5.92 Å². The van der Waals surface area contributed by atoms with E-state index in [-0.39, 0.29) is 12.1 Å². The van der Waals surface area contributed by atoms with Crippen molar-refractivity contribution in [3.05, 3.63) is 53.7 Å². The van der Waals surface area contributed by atoms with Gasteiger partial charge in [0.2, 0.25) is 0 Å². The zero-order valence-corrected chi connectivity index (χ0v) is 12.9. The van der Waals surface area contributed by atoms with Crippen LogP contribution in [-0.2, 0) is 0 Å². The first-order valence-electron chi connectivity index (χ1n) is 8.01. The quantitative estimate of drug-likeness (QED) is 0.592. The molecule has 3 rings (SSSR count). The summed E-state index contributed by atoms with van der Waals surface area (Å²) in [5, 5.41) is 12.4. The van der Waals surface area contributed by atoms with Crippen molar-refractivity contribution < 1.29 is 5.11 Å². The molecule has 0 spiro atoms. The lowest BCUT2D eigenvalue weighted by Crippen LogP contribution is -2.34. The van der Waals surface area contributed by atoms with Gasteiger partial charge < -0.3 is 15.8 Å². The molecule has 0 amide bonds. The molecule has 4 heteroatoms. The molecule has 2 atom stereocenters. The third kappa shape index (κ3) is 2.64. The molecule has 0 radical (unpaired) electrons.